The molecule has 0 saturated carbocycles. The first-order chi connectivity index (χ1) is 0. The van der Waals surface area contributed by atoms with Crippen LogP contribution in [0.4, 0.5) is 0 Å². The quantitative estimate of drug-likeness (QED) is 0.409. The number of hydrogen-bond donors (Lipinski definition) is 0. The summed E-state index contributed by atoms with van der Waals surface area (Å²) >= 11 is 0. The third-order valence-electron chi connectivity index (χ3n) is 0. The van der Waals surface area contributed by atoms with Crippen molar-refractivity contribution in [2.75, 3.05) is 0 Å². The Bertz CT molecular complexity index is 7.51. The molecule has 6 heavy (non-hydrogen) atoms. The largest absolute Gasteiger partial charge is 2.00 e. The molecule has 0 radical (unpaired) electrons. The summed E-state index contributed by atoms with van der Waals surface area (Å²) in [5.41, 5.74) is 0. The molecule has 0 aliphatic heterocycles. The van der Waals surface area contributed by atoms with Gasteiger partial charge in [0.1, 0.15) is 0 Å². The van der Waals surface area contributed by atoms with Crippen molar-refractivity contribution in [2.24, 2.45) is 0 Å². The standard InChI is InChI=1S/Na.4O.Os/q+1;4*-2;. The van der Waals surface area contributed by atoms with Crippen LogP contribution in [0.5, 0.6) is 0 Å². The second kappa shape index (κ2) is 89.1. The molecule has 0 fully saturated rings. The summed E-state index contributed by atoms with van der Waals surface area (Å²) in [6.07, 6.45) is 0. The third kappa shape index (κ3) is 50.3. The Kier molecular flexibility index (Phi) is 2140. The molecule has 0 rings (SSSR count). The minimum absolute atomic E-state index is 0. The molecule has 0 bridgehead atoms. The van der Waals surface area contributed by atoms with Gasteiger partial charge in [0.2, 0.25) is 0 Å². The first-order valence-corrected chi connectivity index (χ1v) is 0. The number of rotatable bonds is 0. The van der Waals surface area contributed by atoms with Gasteiger partial charge in [0.25, 0.3) is 0 Å². The van der Waals surface area contributed by atoms with Crippen molar-refractivity contribution in [3.8, 4) is 0 Å². The third-order valence-corrected chi connectivity index (χ3v) is 0. The van der Waals surface area contributed by atoms with E-state index in [0.29, 0.717) is 0 Å². The van der Waals surface area contributed by atoms with Crippen LogP contribution >= 0.6 is 0 Å². The molecule has 40 valence electrons. The summed E-state index contributed by atoms with van der Waals surface area (Å²) in [5, 5.41) is 0. The topological polar surface area (TPSA) is 114 Å². The van der Waals surface area contributed by atoms with Crippen LogP contribution in [0.1, 0.15) is 0 Å². The Morgan fingerprint density at radius 3 is 0.500 bits per heavy atom. The summed E-state index contributed by atoms with van der Waals surface area (Å²) in [5.74, 6) is 0. The molecular weight excluding hydrogens is 277 g/mol. The predicted octanol–water partition coefficient (Wildman–Crippen LogP) is -3.47. The average molecular weight is 277 g/mol. The zero-order valence-electron chi connectivity index (χ0n) is 2.99. The molecule has 4 nitrogen and oxygen atoms in total. The second-order valence-electron chi connectivity index (χ2n) is 0. The van der Waals surface area contributed by atoms with Gasteiger partial charge < -0.3 is 21.9 Å². The van der Waals surface area contributed by atoms with Crippen LogP contribution < -0.4 is 29.6 Å². The minimum atomic E-state index is 0. The van der Waals surface area contributed by atoms with Gasteiger partial charge in [0, 0.05) is 19.8 Å². The zero-order chi connectivity index (χ0) is 0. The van der Waals surface area contributed by atoms with Crippen molar-refractivity contribution in [2.45, 2.75) is 0 Å². The van der Waals surface area contributed by atoms with Crippen LogP contribution in [0.15, 0.2) is 0 Å². The van der Waals surface area contributed by atoms with Crippen LogP contribution in [0.3, 0.4) is 0 Å². The molecule has 0 aromatic rings. The van der Waals surface area contributed by atoms with E-state index in [0.717, 1.165) is 0 Å². The summed E-state index contributed by atoms with van der Waals surface area (Å²) in [4.78, 5) is 0. The van der Waals surface area contributed by atoms with Gasteiger partial charge in [-0.05, 0) is 0 Å². The van der Waals surface area contributed by atoms with Crippen LogP contribution in [0.2, 0.25) is 0 Å². The molecule has 0 N–H and O–H groups in total. The van der Waals surface area contributed by atoms with Crippen molar-refractivity contribution in [3.05, 3.63) is 0 Å². The van der Waals surface area contributed by atoms with Gasteiger partial charge in [-0.15, -0.1) is 0 Å². The van der Waals surface area contributed by atoms with E-state index in [-0.39, 0.29) is 71.3 Å². The van der Waals surface area contributed by atoms with E-state index < -0.39 is 0 Å². The first-order valence-electron chi connectivity index (χ1n) is 0. The fraction of sp³-hybridized carbons (Fsp3) is 0. The van der Waals surface area contributed by atoms with Gasteiger partial charge in [0.15, 0.2) is 0 Å². The fourth-order valence-corrected chi connectivity index (χ4v) is 0. The van der Waals surface area contributed by atoms with Crippen LogP contribution in [0.25, 0.3) is 0 Å². The van der Waals surface area contributed by atoms with E-state index in [2.05, 4.69) is 0 Å². The molecule has 0 spiro atoms. The van der Waals surface area contributed by atoms with Gasteiger partial charge in [-0.2, -0.15) is 0 Å². The smallest absolute Gasteiger partial charge is 1.00 e. The molecule has 0 aliphatic carbocycles. The molecular formula is NaO4Os-7. The predicted molar refractivity (Wildman–Crippen MR) is 2.75 cm³/mol. The van der Waals surface area contributed by atoms with Crippen LogP contribution in [-0.2, 0) is 41.7 Å². The summed E-state index contributed by atoms with van der Waals surface area (Å²) < 4.78 is 0. The molecule has 0 atom stereocenters. The van der Waals surface area contributed by atoms with E-state index in [1.54, 1.807) is 0 Å². The molecule has 0 saturated heterocycles. The molecule has 0 heterocycles. The van der Waals surface area contributed by atoms with E-state index in [9.17, 15) is 0 Å². The van der Waals surface area contributed by atoms with Crippen molar-refractivity contribution in [1.82, 2.24) is 0 Å². The van der Waals surface area contributed by atoms with Crippen LogP contribution in [-0.4, -0.2) is 0 Å². The van der Waals surface area contributed by atoms with E-state index in [4.69, 9.17) is 0 Å². The van der Waals surface area contributed by atoms with Gasteiger partial charge >= 0.3 is 29.6 Å². The van der Waals surface area contributed by atoms with Crippen molar-refractivity contribution >= 4 is 0 Å². The number of hydrogen-bond acceptors (Lipinski definition) is 0. The molecule has 0 aliphatic rings. The Balaban J connectivity index is 0. The molecule has 0 amide bonds. The zero-order valence-corrected chi connectivity index (χ0v) is 7.53. The van der Waals surface area contributed by atoms with Gasteiger partial charge in [0.05, 0.1) is 0 Å². The Morgan fingerprint density at radius 1 is 0.500 bits per heavy atom. The minimum Gasteiger partial charge on any atom is -2.00 e. The summed E-state index contributed by atoms with van der Waals surface area (Å²) in [6.45, 7) is 0. The Labute approximate surface area is 70.9 Å². The molecule has 6 heteroatoms. The average Bonchev–Trinajstić information content (AvgIpc) is 0. The fourth-order valence-electron chi connectivity index (χ4n) is 0. The van der Waals surface area contributed by atoms with Crippen molar-refractivity contribution in [1.29, 1.82) is 0 Å². The second-order valence-corrected chi connectivity index (χ2v) is 0. The maximum atomic E-state index is 0. The van der Waals surface area contributed by atoms with Crippen molar-refractivity contribution in [3.63, 3.8) is 0 Å². The SMILES string of the molecule is [Na+].[O-2].[O-2].[O-2].[O-2].[Os]. The molecule has 0 aromatic heterocycles. The summed E-state index contributed by atoms with van der Waals surface area (Å²) in [7, 11) is 0. The van der Waals surface area contributed by atoms with E-state index >= 15 is 0 Å². The normalized spacial score (nSPS) is 0. The molecule has 0 unspecified atom stereocenters. The first kappa shape index (κ1) is 144. The van der Waals surface area contributed by atoms with Gasteiger partial charge in [-0.25, -0.2) is 0 Å². The Morgan fingerprint density at radius 2 is 0.500 bits per heavy atom. The summed E-state index contributed by atoms with van der Waals surface area (Å²) in [6, 6.07) is 0. The van der Waals surface area contributed by atoms with E-state index in [1.807, 2.05) is 0 Å². The monoisotopic (exact) mass is 279 g/mol. The maximum absolute atomic E-state index is 0. The van der Waals surface area contributed by atoms with Crippen molar-refractivity contribution < 1.29 is 71.3 Å². The van der Waals surface area contributed by atoms with Crippen LogP contribution in [0, 0.1) is 0 Å². The Hall–Kier alpha value is 1.48. The molecule has 0 aromatic carbocycles. The van der Waals surface area contributed by atoms with Gasteiger partial charge in [-0.3, -0.25) is 0 Å². The van der Waals surface area contributed by atoms with Gasteiger partial charge in [-0.1, -0.05) is 0 Å². The maximum Gasteiger partial charge on any atom is 1.00 e. The van der Waals surface area contributed by atoms with E-state index in [1.165, 1.54) is 0 Å².